The molecule has 0 aromatic carbocycles. The highest BCUT2D eigenvalue weighted by Gasteiger charge is 2.31. The van der Waals surface area contributed by atoms with Crippen molar-refractivity contribution in [2.45, 2.75) is 42.3 Å². The summed E-state index contributed by atoms with van der Waals surface area (Å²) in [5, 5.41) is 4.92. The van der Waals surface area contributed by atoms with Crippen LogP contribution in [0.2, 0.25) is 0 Å². The Morgan fingerprint density at radius 1 is 1.23 bits per heavy atom. The van der Waals surface area contributed by atoms with Gasteiger partial charge in [-0.2, -0.15) is 0 Å². The normalized spacial score (nSPS) is 18.5. The molecule has 7 nitrogen and oxygen atoms in total. The Balaban J connectivity index is 1.53. The minimum Gasteiger partial charge on any atom is -0.354 e. The largest absolute Gasteiger partial charge is 0.354 e. The zero-order valence-electron chi connectivity index (χ0n) is 16.9. The second-order valence-corrected chi connectivity index (χ2v) is 8.91. The van der Waals surface area contributed by atoms with Crippen LogP contribution in [0.3, 0.4) is 0 Å². The molecule has 3 aromatic heterocycles. The summed E-state index contributed by atoms with van der Waals surface area (Å²) in [6, 6.07) is 2.44. The molecule has 1 fully saturated rings. The lowest BCUT2D eigenvalue weighted by Crippen LogP contribution is -2.30. The molecule has 0 saturated carbocycles. The molecule has 0 radical (unpaired) electrons. The number of aromatic nitrogens is 5. The molecular formula is C21H22ClN7S. The summed E-state index contributed by atoms with van der Waals surface area (Å²) >= 11 is 8.27. The molecule has 1 aliphatic carbocycles. The lowest BCUT2D eigenvalue weighted by atomic mass is 10.2. The summed E-state index contributed by atoms with van der Waals surface area (Å²) in [5.41, 5.74) is 4.66. The molecular weight excluding hydrogens is 418 g/mol. The van der Waals surface area contributed by atoms with E-state index in [1.165, 1.54) is 17.3 Å². The van der Waals surface area contributed by atoms with Crippen LogP contribution in [0, 0.1) is 0 Å². The third-order valence-electron chi connectivity index (χ3n) is 5.69. The van der Waals surface area contributed by atoms with Crippen LogP contribution in [-0.4, -0.2) is 51.1 Å². The van der Waals surface area contributed by atoms with Crippen LogP contribution in [-0.2, 0) is 6.42 Å². The van der Waals surface area contributed by atoms with E-state index in [1.807, 2.05) is 13.1 Å². The van der Waals surface area contributed by atoms with E-state index < -0.39 is 0 Å². The highest BCUT2D eigenvalue weighted by molar-refractivity contribution is 7.99. The molecule has 5 rings (SSSR count). The third-order valence-corrected chi connectivity index (χ3v) is 6.97. The van der Waals surface area contributed by atoms with Crippen LogP contribution < -0.4 is 10.2 Å². The molecule has 1 saturated heterocycles. The second kappa shape index (κ2) is 8.09. The average molecular weight is 440 g/mol. The first kappa shape index (κ1) is 19.7. The number of fused-ring (bicyclic) bond motifs is 2. The van der Waals surface area contributed by atoms with Crippen molar-refractivity contribution in [3.8, 4) is 0 Å². The number of hydrogen-bond acceptors (Lipinski definition) is 8. The fourth-order valence-electron chi connectivity index (χ4n) is 4.02. The first-order valence-corrected chi connectivity index (χ1v) is 11.3. The van der Waals surface area contributed by atoms with Crippen molar-refractivity contribution >= 4 is 45.4 Å². The number of allylic oxidation sites excluding steroid dienone is 1. The predicted molar refractivity (Wildman–Crippen MR) is 120 cm³/mol. The summed E-state index contributed by atoms with van der Waals surface area (Å²) in [4.78, 5) is 26.1. The quantitative estimate of drug-likeness (QED) is 0.603. The van der Waals surface area contributed by atoms with E-state index in [0.717, 1.165) is 64.9 Å². The molecule has 0 spiro atoms. The van der Waals surface area contributed by atoms with Gasteiger partial charge in [0.15, 0.2) is 10.8 Å². The van der Waals surface area contributed by atoms with Crippen LogP contribution in [0.1, 0.15) is 31.0 Å². The van der Waals surface area contributed by atoms with Gasteiger partial charge in [-0.1, -0.05) is 18.5 Å². The minimum absolute atomic E-state index is 0.463. The Bertz CT molecular complexity index is 1150. The second-order valence-electron chi connectivity index (χ2n) is 7.49. The third kappa shape index (κ3) is 3.53. The summed E-state index contributed by atoms with van der Waals surface area (Å²) in [5.74, 6) is 0.947. The maximum absolute atomic E-state index is 6.77. The lowest BCUT2D eigenvalue weighted by molar-refractivity contribution is 0.616. The number of pyridine rings is 1. The van der Waals surface area contributed by atoms with Crippen LogP contribution in [0.5, 0.6) is 0 Å². The molecule has 0 bridgehead atoms. The monoisotopic (exact) mass is 439 g/mol. The molecule has 154 valence electrons. The van der Waals surface area contributed by atoms with E-state index in [0.29, 0.717) is 16.8 Å². The van der Waals surface area contributed by atoms with Crippen LogP contribution >= 0.6 is 23.4 Å². The molecule has 9 heteroatoms. The van der Waals surface area contributed by atoms with Crippen molar-refractivity contribution in [1.29, 1.82) is 0 Å². The Hall–Kier alpha value is -2.29. The molecule has 1 atom stereocenters. The van der Waals surface area contributed by atoms with Crippen molar-refractivity contribution in [3.63, 3.8) is 0 Å². The number of halogens is 1. The minimum atomic E-state index is 0.463. The molecule has 0 amide bonds. The Kier molecular flexibility index (Phi) is 5.30. The summed E-state index contributed by atoms with van der Waals surface area (Å²) in [7, 11) is 2.01. The maximum atomic E-state index is 6.77. The molecule has 0 unspecified atom stereocenters. The Morgan fingerprint density at radius 2 is 2.10 bits per heavy atom. The molecule has 1 N–H and O–H groups in total. The molecule has 2 aliphatic rings. The fraction of sp³-hybridized carbons (Fsp3) is 0.381. The summed E-state index contributed by atoms with van der Waals surface area (Å²) in [6.45, 7) is 4.02. The van der Waals surface area contributed by atoms with Crippen molar-refractivity contribution in [2.24, 2.45) is 0 Å². The van der Waals surface area contributed by atoms with Gasteiger partial charge in [0, 0.05) is 49.0 Å². The van der Waals surface area contributed by atoms with Crippen molar-refractivity contribution in [2.75, 3.05) is 25.0 Å². The summed E-state index contributed by atoms with van der Waals surface area (Å²) < 4.78 is 0. The van der Waals surface area contributed by atoms with Gasteiger partial charge in [0.2, 0.25) is 0 Å². The molecule has 4 heterocycles. The van der Waals surface area contributed by atoms with Gasteiger partial charge >= 0.3 is 0 Å². The predicted octanol–water partition coefficient (Wildman–Crippen LogP) is 3.68. The molecule has 30 heavy (non-hydrogen) atoms. The van der Waals surface area contributed by atoms with E-state index in [9.17, 15) is 0 Å². The highest BCUT2D eigenvalue weighted by atomic mass is 35.5. The topological polar surface area (TPSA) is 79.7 Å². The van der Waals surface area contributed by atoms with E-state index in [4.69, 9.17) is 21.6 Å². The van der Waals surface area contributed by atoms with Gasteiger partial charge in [-0.15, -0.1) is 0 Å². The van der Waals surface area contributed by atoms with Gasteiger partial charge < -0.3 is 10.2 Å². The summed E-state index contributed by atoms with van der Waals surface area (Å²) in [6.07, 6.45) is 7.92. The average Bonchev–Trinajstić information content (AvgIpc) is 3.38. The highest BCUT2D eigenvalue weighted by Crippen LogP contribution is 2.43. The van der Waals surface area contributed by atoms with E-state index in [-0.39, 0.29) is 0 Å². The van der Waals surface area contributed by atoms with E-state index >= 15 is 0 Å². The van der Waals surface area contributed by atoms with Crippen LogP contribution in [0.25, 0.3) is 16.2 Å². The fourth-order valence-corrected chi connectivity index (χ4v) is 5.19. The van der Waals surface area contributed by atoms with Gasteiger partial charge in [0.05, 0.1) is 16.3 Å². The smallest absolute Gasteiger partial charge is 0.194 e. The molecule has 1 aliphatic heterocycles. The number of rotatable bonds is 5. The van der Waals surface area contributed by atoms with Crippen molar-refractivity contribution in [3.05, 3.63) is 41.5 Å². The van der Waals surface area contributed by atoms with Gasteiger partial charge in [0.1, 0.15) is 11.3 Å². The Morgan fingerprint density at radius 3 is 2.90 bits per heavy atom. The Labute approximate surface area is 184 Å². The van der Waals surface area contributed by atoms with Gasteiger partial charge in [0.25, 0.3) is 0 Å². The number of likely N-dealkylation sites (N-methyl/N-ethyl adjacent to an activating group) is 1. The van der Waals surface area contributed by atoms with Crippen LogP contribution in [0.4, 0.5) is 5.82 Å². The first-order chi connectivity index (χ1) is 14.7. The zero-order valence-corrected chi connectivity index (χ0v) is 18.5. The SMILES string of the molecule is CCC1=C(Cl)c2c(nc(Sc3cnc4nccnc4c3)nc2N2CC[C@H](NC)C2)C1. The van der Waals surface area contributed by atoms with Crippen LogP contribution in [0.15, 0.2) is 40.3 Å². The zero-order chi connectivity index (χ0) is 20.7. The van der Waals surface area contributed by atoms with Gasteiger partial charge in [-0.05, 0) is 43.3 Å². The van der Waals surface area contributed by atoms with Crippen molar-refractivity contribution < 1.29 is 0 Å². The maximum Gasteiger partial charge on any atom is 0.194 e. The van der Waals surface area contributed by atoms with Crippen molar-refractivity contribution in [1.82, 2.24) is 30.2 Å². The first-order valence-electron chi connectivity index (χ1n) is 10.1. The number of anilines is 1. The number of hydrogen-bond donors (Lipinski definition) is 1. The van der Waals surface area contributed by atoms with E-state index in [1.54, 1.807) is 18.6 Å². The lowest BCUT2D eigenvalue weighted by Gasteiger charge is -2.21. The van der Waals surface area contributed by atoms with Gasteiger partial charge in [-0.25, -0.2) is 19.9 Å². The van der Waals surface area contributed by atoms with E-state index in [2.05, 4.69) is 32.1 Å². The number of nitrogens with one attached hydrogen (secondary N) is 1. The molecule has 3 aromatic rings. The standard InChI is InChI=1S/C21H22ClN7S/c1-3-12-8-15-17(18(12)22)20(29-7-4-13(11-29)23-2)28-21(27-15)30-14-9-16-19(26-10-14)25-6-5-24-16/h5-6,9-10,13,23H,3-4,7-8,11H2,1-2H3/t13-/m0/s1. The van der Waals surface area contributed by atoms with Gasteiger partial charge in [-0.3, -0.25) is 4.98 Å². The number of nitrogens with zero attached hydrogens (tertiary/aromatic N) is 6.